The van der Waals surface area contributed by atoms with Gasteiger partial charge in [0.2, 0.25) is 0 Å². The van der Waals surface area contributed by atoms with Crippen LogP contribution in [0.2, 0.25) is 10.0 Å². The van der Waals surface area contributed by atoms with Crippen LogP contribution in [0.5, 0.6) is 0 Å². The maximum Gasteiger partial charge on any atom is 0.185 e. The second-order valence-corrected chi connectivity index (χ2v) is 9.03. The van der Waals surface area contributed by atoms with Gasteiger partial charge in [0.1, 0.15) is 6.04 Å². The summed E-state index contributed by atoms with van der Waals surface area (Å²) < 4.78 is 0. The van der Waals surface area contributed by atoms with Crippen molar-refractivity contribution in [1.29, 1.82) is 10.5 Å². The minimum Gasteiger partial charge on any atom is -0.357 e. The molecule has 0 saturated carbocycles. The number of ketones is 1. The van der Waals surface area contributed by atoms with Crippen LogP contribution in [-0.2, 0) is 0 Å². The second-order valence-electron chi connectivity index (χ2n) is 8.21. The van der Waals surface area contributed by atoms with Gasteiger partial charge in [-0.2, -0.15) is 10.5 Å². The maximum atomic E-state index is 13.9. The SMILES string of the molecule is N#CC1(C#N)[C@H](c2ccc(Cl)c(Cl)c2)[C@@H](C(=O)c2ccccc2)N2C=Cc3ccccc3[C@@H]21. The average molecular weight is 470 g/mol. The zero-order valence-electron chi connectivity index (χ0n) is 17.3. The molecule has 4 nitrogen and oxygen atoms in total. The van der Waals surface area contributed by atoms with Crippen LogP contribution in [0.1, 0.15) is 39.0 Å². The molecule has 0 aliphatic carbocycles. The number of Topliss-reactive ketones (excluding diaryl/α,β-unsaturated/α-hetero) is 1. The van der Waals surface area contributed by atoms with Crippen molar-refractivity contribution in [2.45, 2.75) is 18.0 Å². The summed E-state index contributed by atoms with van der Waals surface area (Å²) in [4.78, 5) is 15.8. The normalized spacial score (nSPS) is 22.1. The van der Waals surface area contributed by atoms with Crippen molar-refractivity contribution in [3.8, 4) is 12.1 Å². The highest BCUT2D eigenvalue weighted by atomic mass is 35.5. The summed E-state index contributed by atoms with van der Waals surface area (Å²) >= 11 is 12.5. The van der Waals surface area contributed by atoms with Gasteiger partial charge in [0, 0.05) is 17.7 Å². The molecule has 2 aliphatic rings. The third kappa shape index (κ3) is 3.15. The Balaban J connectivity index is 1.79. The molecule has 3 atom stereocenters. The molecule has 1 saturated heterocycles. The third-order valence-corrected chi connectivity index (χ3v) is 7.31. The average Bonchev–Trinajstić information content (AvgIpc) is 3.17. The van der Waals surface area contributed by atoms with Gasteiger partial charge in [0.05, 0.1) is 28.2 Å². The molecule has 2 heterocycles. The van der Waals surface area contributed by atoms with E-state index in [0.717, 1.165) is 11.1 Å². The monoisotopic (exact) mass is 469 g/mol. The highest BCUT2D eigenvalue weighted by Gasteiger charge is 2.63. The van der Waals surface area contributed by atoms with Crippen LogP contribution in [0.3, 0.4) is 0 Å². The molecule has 0 unspecified atom stereocenters. The van der Waals surface area contributed by atoms with Crippen molar-refractivity contribution in [1.82, 2.24) is 4.90 Å². The highest BCUT2D eigenvalue weighted by Crippen LogP contribution is 2.60. The minimum atomic E-state index is -1.53. The Kier molecular flexibility index (Phi) is 5.22. The first kappa shape index (κ1) is 21.3. The number of hydrogen-bond acceptors (Lipinski definition) is 4. The molecule has 6 heteroatoms. The number of nitrogens with zero attached hydrogens (tertiary/aromatic N) is 3. The predicted molar refractivity (Wildman–Crippen MR) is 127 cm³/mol. The number of carbonyl (C=O) groups is 1. The first-order valence-corrected chi connectivity index (χ1v) is 11.2. The second kappa shape index (κ2) is 8.09. The fourth-order valence-corrected chi connectivity index (χ4v) is 5.45. The lowest BCUT2D eigenvalue weighted by atomic mass is 9.67. The Morgan fingerprint density at radius 2 is 1.61 bits per heavy atom. The van der Waals surface area contributed by atoms with Gasteiger partial charge in [0.15, 0.2) is 11.2 Å². The quantitative estimate of drug-likeness (QED) is 0.415. The lowest BCUT2D eigenvalue weighted by molar-refractivity contribution is 0.0874. The van der Waals surface area contributed by atoms with Crippen molar-refractivity contribution < 1.29 is 4.79 Å². The van der Waals surface area contributed by atoms with Crippen molar-refractivity contribution in [3.05, 3.63) is 111 Å². The molecule has 33 heavy (non-hydrogen) atoms. The molecular formula is C27H17Cl2N3O. The van der Waals surface area contributed by atoms with Gasteiger partial charge in [-0.1, -0.05) is 83.9 Å². The first-order valence-electron chi connectivity index (χ1n) is 10.4. The number of fused-ring (bicyclic) bond motifs is 3. The number of hydrogen-bond donors (Lipinski definition) is 0. The minimum absolute atomic E-state index is 0.159. The zero-order chi connectivity index (χ0) is 23.2. The van der Waals surface area contributed by atoms with Gasteiger partial charge in [-0.15, -0.1) is 0 Å². The van der Waals surface area contributed by atoms with E-state index < -0.39 is 23.4 Å². The van der Waals surface area contributed by atoms with Gasteiger partial charge in [-0.25, -0.2) is 0 Å². The number of rotatable bonds is 3. The Morgan fingerprint density at radius 3 is 2.30 bits per heavy atom. The van der Waals surface area contributed by atoms with E-state index >= 15 is 0 Å². The molecule has 5 rings (SSSR count). The Morgan fingerprint density at radius 1 is 0.909 bits per heavy atom. The summed E-state index contributed by atoms with van der Waals surface area (Å²) in [6.07, 6.45) is 3.76. The fraction of sp³-hybridized carbons (Fsp3) is 0.148. The molecular weight excluding hydrogens is 453 g/mol. The summed E-state index contributed by atoms with van der Waals surface area (Å²) in [5.41, 5.74) is 1.38. The Bertz CT molecular complexity index is 1360. The summed E-state index contributed by atoms with van der Waals surface area (Å²) in [6.45, 7) is 0. The molecule has 3 aromatic carbocycles. The molecule has 3 aromatic rings. The molecule has 0 radical (unpaired) electrons. The van der Waals surface area contributed by atoms with Crippen molar-refractivity contribution in [3.63, 3.8) is 0 Å². The van der Waals surface area contributed by atoms with Gasteiger partial charge in [0.25, 0.3) is 0 Å². The third-order valence-electron chi connectivity index (χ3n) is 6.57. The molecule has 0 N–H and O–H groups in total. The molecule has 0 spiro atoms. The van der Waals surface area contributed by atoms with E-state index in [1.165, 1.54) is 0 Å². The maximum absolute atomic E-state index is 13.9. The van der Waals surface area contributed by atoms with Crippen LogP contribution in [0.15, 0.2) is 79.0 Å². The smallest absolute Gasteiger partial charge is 0.185 e. The molecule has 0 amide bonds. The number of halogens is 2. The summed E-state index contributed by atoms with van der Waals surface area (Å²) in [6, 6.07) is 24.9. The van der Waals surface area contributed by atoms with Crippen LogP contribution in [-0.4, -0.2) is 16.7 Å². The Labute approximate surface area is 201 Å². The Hall–Kier alpha value is -3.57. The van der Waals surface area contributed by atoms with E-state index in [9.17, 15) is 15.3 Å². The summed E-state index contributed by atoms with van der Waals surface area (Å²) in [5, 5.41) is 21.7. The molecule has 2 aliphatic heterocycles. The van der Waals surface area contributed by atoms with Crippen LogP contribution < -0.4 is 0 Å². The van der Waals surface area contributed by atoms with Gasteiger partial charge in [-0.05, 0) is 34.9 Å². The molecule has 160 valence electrons. The van der Waals surface area contributed by atoms with Gasteiger partial charge < -0.3 is 4.90 Å². The highest BCUT2D eigenvalue weighted by molar-refractivity contribution is 6.42. The van der Waals surface area contributed by atoms with E-state index in [-0.39, 0.29) is 5.78 Å². The van der Waals surface area contributed by atoms with E-state index in [4.69, 9.17) is 23.2 Å². The number of nitriles is 2. The number of benzene rings is 3. The van der Waals surface area contributed by atoms with Crippen LogP contribution in [0, 0.1) is 28.1 Å². The van der Waals surface area contributed by atoms with E-state index in [1.807, 2.05) is 47.5 Å². The standard InChI is InChI=1S/C27H17Cl2N3O/c28-21-11-10-19(14-22(21)29)23-24(25(33)18-7-2-1-3-8-18)32-13-12-17-6-4-5-9-20(17)26(32)27(23,15-30)16-31/h1-14,23-24,26H/t23-,24+,26-/m1/s1. The largest absolute Gasteiger partial charge is 0.357 e. The molecule has 0 aromatic heterocycles. The summed E-state index contributed by atoms with van der Waals surface area (Å²) in [7, 11) is 0. The molecule has 1 fully saturated rings. The van der Waals surface area contributed by atoms with E-state index in [0.29, 0.717) is 21.2 Å². The van der Waals surface area contributed by atoms with Gasteiger partial charge >= 0.3 is 0 Å². The van der Waals surface area contributed by atoms with Crippen LogP contribution in [0.25, 0.3) is 6.08 Å². The topological polar surface area (TPSA) is 67.9 Å². The summed E-state index contributed by atoms with van der Waals surface area (Å²) in [5.74, 6) is -0.913. The zero-order valence-corrected chi connectivity index (χ0v) is 18.8. The van der Waals surface area contributed by atoms with Crippen molar-refractivity contribution in [2.75, 3.05) is 0 Å². The fourth-order valence-electron chi connectivity index (χ4n) is 5.15. The van der Waals surface area contributed by atoms with E-state index in [2.05, 4.69) is 12.1 Å². The predicted octanol–water partition coefficient (Wildman–Crippen LogP) is 6.40. The van der Waals surface area contributed by atoms with Crippen LogP contribution in [0.4, 0.5) is 0 Å². The van der Waals surface area contributed by atoms with Crippen molar-refractivity contribution >= 4 is 35.1 Å². The van der Waals surface area contributed by atoms with Gasteiger partial charge in [-0.3, -0.25) is 4.79 Å². The van der Waals surface area contributed by atoms with Crippen molar-refractivity contribution in [2.24, 2.45) is 5.41 Å². The lowest BCUT2D eigenvalue weighted by Crippen LogP contribution is -2.37. The molecule has 0 bridgehead atoms. The number of carbonyl (C=O) groups excluding carboxylic acids is 1. The van der Waals surface area contributed by atoms with Crippen LogP contribution >= 0.6 is 23.2 Å². The van der Waals surface area contributed by atoms with E-state index in [1.54, 1.807) is 42.5 Å². The lowest BCUT2D eigenvalue weighted by Gasteiger charge is -2.34. The first-order chi connectivity index (χ1) is 16.0.